The molecule has 0 N–H and O–H groups in total. The van der Waals surface area contributed by atoms with Crippen molar-refractivity contribution in [2.75, 3.05) is 7.11 Å². The molecular weight excluding hydrogens is 244 g/mol. The van der Waals surface area contributed by atoms with Gasteiger partial charge in [-0.15, -0.1) is 11.6 Å². The predicted octanol–water partition coefficient (Wildman–Crippen LogP) is 4.64. The minimum atomic E-state index is -0.138. The zero-order chi connectivity index (χ0) is 13.1. The molecule has 1 nitrogen and oxygen atoms in total. The molecule has 0 fully saturated rings. The minimum absolute atomic E-state index is 0.138. The van der Waals surface area contributed by atoms with Crippen molar-refractivity contribution in [3.63, 3.8) is 0 Å². The van der Waals surface area contributed by atoms with E-state index in [1.807, 2.05) is 24.3 Å². The Labute approximate surface area is 113 Å². The van der Waals surface area contributed by atoms with Crippen LogP contribution in [0.25, 0.3) is 0 Å². The summed E-state index contributed by atoms with van der Waals surface area (Å²) < 4.78 is 5.23. The first-order chi connectivity index (χ1) is 8.61. The average Bonchev–Trinajstić information content (AvgIpc) is 2.38. The molecule has 0 aromatic heterocycles. The first-order valence-corrected chi connectivity index (χ1v) is 6.40. The summed E-state index contributed by atoms with van der Waals surface area (Å²) in [7, 11) is 1.67. The molecule has 0 saturated carbocycles. The lowest BCUT2D eigenvalue weighted by Gasteiger charge is -2.14. The van der Waals surface area contributed by atoms with Gasteiger partial charge in [-0.3, -0.25) is 0 Å². The predicted molar refractivity (Wildman–Crippen MR) is 76.6 cm³/mol. The molecule has 0 saturated heterocycles. The molecule has 0 aliphatic heterocycles. The van der Waals surface area contributed by atoms with Crippen LogP contribution in [-0.2, 0) is 0 Å². The fourth-order valence-corrected chi connectivity index (χ4v) is 2.47. The summed E-state index contributed by atoms with van der Waals surface area (Å²) in [6.07, 6.45) is 0. The Morgan fingerprint density at radius 3 is 2.50 bits per heavy atom. The maximum atomic E-state index is 6.56. The van der Waals surface area contributed by atoms with Gasteiger partial charge in [-0.25, -0.2) is 0 Å². The number of aryl methyl sites for hydroxylation is 2. The van der Waals surface area contributed by atoms with Crippen LogP contribution in [-0.4, -0.2) is 7.11 Å². The van der Waals surface area contributed by atoms with Crippen LogP contribution < -0.4 is 4.74 Å². The third-order valence-corrected chi connectivity index (χ3v) is 3.57. The van der Waals surface area contributed by atoms with E-state index in [-0.39, 0.29) is 5.38 Å². The van der Waals surface area contributed by atoms with Gasteiger partial charge in [-0.2, -0.15) is 0 Å². The van der Waals surface area contributed by atoms with Crippen molar-refractivity contribution in [1.29, 1.82) is 0 Å². The van der Waals surface area contributed by atoms with Crippen LogP contribution in [0.1, 0.15) is 27.6 Å². The first-order valence-electron chi connectivity index (χ1n) is 5.97. The normalized spacial score (nSPS) is 12.2. The summed E-state index contributed by atoms with van der Waals surface area (Å²) in [4.78, 5) is 0. The number of hydrogen-bond donors (Lipinski definition) is 0. The molecule has 0 heterocycles. The lowest BCUT2D eigenvalue weighted by Crippen LogP contribution is -1.97. The molecule has 0 spiro atoms. The minimum Gasteiger partial charge on any atom is -0.497 e. The van der Waals surface area contributed by atoms with Crippen molar-refractivity contribution in [3.8, 4) is 5.75 Å². The third kappa shape index (κ3) is 2.68. The number of methoxy groups -OCH3 is 1. The number of alkyl halides is 1. The second-order valence-electron chi connectivity index (χ2n) is 4.50. The second kappa shape index (κ2) is 5.45. The van der Waals surface area contributed by atoms with Gasteiger partial charge in [0.1, 0.15) is 5.75 Å². The maximum absolute atomic E-state index is 6.56. The van der Waals surface area contributed by atoms with Gasteiger partial charge >= 0.3 is 0 Å². The summed E-state index contributed by atoms with van der Waals surface area (Å²) in [6, 6.07) is 14.3. The molecule has 0 bridgehead atoms. The molecule has 2 aromatic rings. The highest BCUT2D eigenvalue weighted by Gasteiger charge is 2.13. The molecular formula is C16H17ClO. The number of halogens is 1. The highest BCUT2D eigenvalue weighted by atomic mass is 35.5. The van der Waals surface area contributed by atoms with Gasteiger partial charge in [-0.05, 0) is 42.7 Å². The lowest BCUT2D eigenvalue weighted by atomic mass is 9.98. The van der Waals surface area contributed by atoms with Gasteiger partial charge in [0, 0.05) is 0 Å². The monoisotopic (exact) mass is 260 g/mol. The molecule has 2 rings (SSSR count). The number of hydrogen-bond acceptors (Lipinski definition) is 1. The Bertz CT molecular complexity index is 549. The van der Waals surface area contributed by atoms with E-state index >= 15 is 0 Å². The molecule has 1 unspecified atom stereocenters. The Morgan fingerprint density at radius 2 is 1.83 bits per heavy atom. The summed E-state index contributed by atoms with van der Waals surface area (Å²) in [5, 5.41) is -0.138. The van der Waals surface area contributed by atoms with Gasteiger partial charge in [0.2, 0.25) is 0 Å². The third-order valence-electron chi connectivity index (χ3n) is 3.08. The van der Waals surface area contributed by atoms with E-state index in [0.717, 1.165) is 16.9 Å². The van der Waals surface area contributed by atoms with Crippen molar-refractivity contribution < 1.29 is 4.74 Å². The smallest absolute Gasteiger partial charge is 0.119 e. The average molecular weight is 261 g/mol. The van der Waals surface area contributed by atoms with Gasteiger partial charge in [-0.1, -0.05) is 35.9 Å². The SMILES string of the molecule is COc1cccc(C(Cl)c2ccc(C)cc2C)c1. The van der Waals surface area contributed by atoms with Gasteiger partial charge in [0.05, 0.1) is 12.5 Å². The molecule has 1 atom stereocenters. The van der Waals surface area contributed by atoms with E-state index in [9.17, 15) is 0 Å². The molecule has 0 amide bonds. The summed E-state index contributed by atoms with van der Waals surface area (Å²) >= 11 is 6.56. The zero-order valence-electron chi connectivity index (χ0n) is 10.9. The molecule has 2 heteroatoms. The Morgan fingerprint density at radius 1 is 1.06 bits per heavy atom. The van der Waals surface area contributed by atoms with E-state index in [4.69, 9.17) is 16.3 Å². The van der Waals surface area contributed by atoms with Crippen molar-refractivity contribution in [3.05, 3.63) is 64.7 Å². The Hall–Kier alpha value is -1.47. The van der Waals surface area contributed by atoms with E-state index in [0.29, 0.717) is 0 Å². The fraction of sp³-hybridized carbons (Fsp3) is 0.250. The molecule has 0 aliphatic rings. The lowest BCUT2D eigenvalue weighted by molar-refractivity contribution is 0.414. The number of ether oxygens (including phenoxy) is 1. The van der Waals surface area contributed by atoms with Crippen molar-refractivity contribution >= 4 is 11.6 Å². The van der Waals surface area contributed by atoms with E-state index in [2.05, 4.69) is 32.0 Å². The van der Waals surface area contributed by atoms with Crippen LogP contribution in [0.2, 0.25) is 0 Å². The molecule has 94 valence electrons. The first kappa shape index (κ1) is 13.0. The second-order valence-corrected chi connectivity index (χ2v) is 4.94. The molecule has 2 aromatic carbocycles. The van der Waals surface area contributed by atoms with Crippen molar-refractivity contribution in [2.24, 2.45) is 0 Å². The standard InChI is InChI=1S/C16H17ClO/c1-11-7-8-15(12(2)9-11)16(17)13-5-4-6-14(10-13)18-3/h4-10,16H,1-3H3. The van der Waals surface area contributed by atoms with Crippen LogP contribution in [0, 0.1) is 13.8 Å². The van der Waals surface area contributed by atoms with Crippen molar-refractivity contribution in [2.45, 2.75) is 19.2 Å². The largest absolute Gasteiger partial charge is 0.497 e. The van der Waals surface area contributed by atoms with Crippen LogP contribution >= 0.6 is 11.6 Å². The summed E-state index contributed by atoms with van der Waals surface area (Å²) in [6.45, 7) is 4.18. The van der Waals surface area contributed by atoms with Crippen LogP contribution in [0.4, 0.5) is 0 Å². The van der Waals surface area contributed by atoms with E-state index < -0.39 is 0 Å². The zero-order valence-corrected chi connectivity index (χ0v) is 11.7. The Kier molecular flexibility index (Phi) is 3.93. The number of rotatable bonds is 3. The van der Waals surface area contributed by atoms with Gasteiger partial charge in [0.25, 0.3) is 0 Å². The maximum Gasteiger partial charge on any atom is 0.119 e. The van der Waals surface area contributed by atoms with Crippen LogP contribution in [0.5, 0.6) is 5.75 Å². The quantitative estimate of drug-likeness (QED) is 0.731. The number of benzene rings is 2. The summed E-state index contributed by atoms with van der Waals surface area (Å²) in [5.41, 5.74) is 4.68. The fourth-order valence-electron chi connectivity index (χ4n) is 2.09. The van der Waals surface area contributed by atoms with Gasteiger partial charge < -0.3 is 4.74 Å². The van der Waals surface area contributed by atoms with Gasteiger partial charge in [0.15, 0.2) is 0 Å². The molecule has 0 radical (unpaired) electrons. The van der Waals surface area contributed by atoms with E-state index in [1.54, 1.807) is 7.11 Å². The topological polar surface area (TPSA) is 9.23 Å². The highest BCUT2D eigenvalue weighted by Crippen LogP contribution is 2.32. The van der Waals surface area contributed by atoms with Crippen molar-refractivity contribution in [1.82, 2.24) is 0 Å². The highest BCUT2D eigenvalue weighted by molar-refractivity contribution is 6.22. The van der Waals surface area contributed by atoms with E-state index in [1.165, 1.54) is 11.1 Å². The Balaban J connectivity index is 2.37. The van der Waals surface area contributed by atoms with Crippen LogP contribution in [0.3, 0.4) is 0 Å². The molecule has 0 aliphatic carbocycles. The summed E-state index contributed by atoms with van der Waals surface area (Å²) in [5.74, 6) is 0.836. The molecule has 18 heavy (non-hydrogen) atoms. The van der Waals surface area contributed by atoms with Crippen LogP contribution in [0.15, 0.2) is 42.5 Å².